The van der Waals surface area contributed by atoms with E-state index in [9.17, 15) is 0 Å². The highest BCUT2D eigenvalue weighted by Crippen LogP contribution is 2.32. The molecular formula is C28H27N3O. The third-order valence-electron chi connectivity index (χ3n) is 5.67. The van der Waals surface area contributed by atoms with Crippen molar-refractivity contribution in [2.45, 2.75) is 32.8 Å². The maximum Gasteiger partial charge on any atom is 0.145 e. The van der Waals surface area contributed by atoms with Gasteiger partial charge in [-0.15, -0.1) is 0 Å². The van der Waals surface area contributed by atoms with Crippen LogP contribution in [0.25, 0.3) is 28.4 Å². The van der Waals surface area contributed by atoms with Crippen molar-refractivity contribution in [1.82, 2.24) is 9.97 Å². The molecule has 4 heteroatoms. The Balaban J connectivity index is 1.47. The van der Waals surface area contributed by atoms with E-state index in [4.69, 9.17) is 9.73 Å². The van der Waals surface area contributed by atoms with E-state index in [-0.39, 0.29) is 0 Å². The zero-order valence-electron chi connectivity index (χ0n) is 18.3. The number of rotatable bonds is 8. The first-order chi connectivity index (χ1) is 15.8. The highest BCUT2D eigenvalue weighted by Gasteiger charge is 2.13. The molecule has 1 aliphatic rings. The van der Waals surface area contributed by atoms with Crippen LogP contribution in [0.4, 0.5) is 0 Å². The molecule has 0 fully saturated rings. The number of nitrogens with zero attached hydrogens (tertiary/aromatic N) is 1. The van der Waals surface area contributed by atoms with Gasteiger partial charge in [0.2, 0.25) is 0 Å². The minimum atomic E-state index is 0.516. The summed E-state index contributed by atoms with van der Waals surface area (Å²) < 4.78 is 6.24. The number of H-pyrrole nitrogens is 2. The third-order valence-corrected chi connectivity index (χ3v) is 5.67. The van der Waals surface area contributed by atoms with Crippen LogP contribution in [0.3, 0.4) is 0 Å². The van der Waals surface area contributed by atoms with Crippen molar-refractivity contribution < 1.29 is 4.74 Å². The number of ether oxygens (including phenoxy) is 1. The lowest BCUT2D eigenvalue weighted by Crippen LogP contribution is -1.95. The van der Waals surface area contributed by atoms with E-state index < -0.39 is 0 Å². The lowest BCUT2D eigenvalue weighted by Gasteiger charge is -2.05. The number of benzene rings is 2. The fourth-order valence-corrected chi connectivity index (χ4v) is 3.92. The maximum absolute atomic E-state index is 6.24. The number of aromatic amines is 2. The van der Waals surface area contributed by atoms with Crippen molar-refractivity contribution in [3.05, 3.63) is 95.8 Å². The first kappa shape index (κ1) is 20.1. The van der Waals surface area contributed by atoms with Gasteiger partial charge < -0.3 is 14.7 Å². The molecule has 2 N–H and O–H groups in total. The van der Waals surface area contributed by atoms with E-state index in [1.54, 1.807) is 0 Å². The molecule has 4 nitrogen and oxygen atoms in total. The number of unbranched alkanes of at least 4 members (excludes halogenated alkanes) is 1. The third kappa shape index (κ3) is 4.45. The summed E-state index contributed by atoms with van der Waals surface area (Å²) in [4.78, 5) is 11.8. The number of fused-ring (bicyclic) bond motifs is 1. The summed E-state index contributed by atoms with van der Waals surface area (Å²) in [6.07, 6.45) is 9.63. The zero-order chi connectivity index (χ0) is 21.8. The molecule has 32 heavy (non-hydrogen) atoms. The van der Waals surface area contributed by atoms with E-state index in [2.05, 4.69) is 77.6 Å². The largest absolute Gasteiger partial charge is 0.487 e. The van der Waals surface area contributed by atoms with Gasteiger partial charge >= 0.3 is 0 Å². The molecule has 0 radical (unpaired) electrons. The van der Waals surface area contributed by atoms with Crippen LogP contribution < -0.4 is 4.74 Å². The number of nitrogens with one attached hydrogen (secondary N) is 2. The summed E-state index contributed by atoms with van der Waals surface area (Å²) in [6, 6.07) is 22.8. The van der Waals surface area contributed by atoms with Crippen LogP contribution in [-0.4, -0.2) is 15.7 Å². The van der Waals surface area contributed by atoms with Gasteiger partial charge in [-0.05, 0) is 48.8 Å². The van der Waals surface area contributed by atoms with E-state index in [0.29, 0.717) is 6.61 Å². The molecule has 1 aliphatic heterocycles. The van der Waals surface area contributed by atoms with E-state index in [1.807, 2.05) is 24.3 Å². The summed E-state index contributed by atoms with van der Waals surface area (Å²) in [5, 5.41) is 1.19. The van der Waals surface area contributed by atoms with Gasteiger partial charge in [-0.1, -0.05) is 61.9 Å². The molecule has 4 aromatic rings. The molecule has 0 spiro atoms. The van der Waals surface area contributed by atoms with Crippen LogP contribution in [0, 0.1) is 0 Å². The van der Waals surface area contributed by atoms with Gasteiger partial charge in [0.05, 0.1) is 22.8 Å². The second-order valence-electron chi connectivity index (χ2n) is 8.11. The summed E-state index contributed by atoms with van der Waals surface area (Å²) in [6.45, 7) is 2.72. The SMILES string of the molecule is CCCCC1=N/C(=C/c2[nH]c(-c3cc4ccccc4[nH]3)cc2OCc2ccccc2)C=C1. The molecule has 0 bridgehead atoms. The maximum atomic E-state index is 6.24. The Bertz CT molecular complexity index is 1270. The van der Waals surface area contributed by atoms with Crippen molar-refractivity contribution in [3.63, 3.8) is 0 Å². The number of para-hydroxylation sites is 1. The number of hydrogen-bond donors (Lipinski definition) is 2. The molecule has 5 rings (SSSR count). The number of aromatic nitrogens is 2. The van der Waals surface area contributed by atoms with Crippen molar-refractivity contribution >= 4 is 22.7 Å². The average Bonchev–Trinajstić information content (AvgIpc) is 3.55. The van der Waals surface area contributed by atoms with Gasteiger partial charge in [-0.25, -0.2) is 0 Å². The Morgan fingerprint density at radius 3 is 2.56 bits per heavy atom. The standard InChI is InChI=1S/C28H27N3O/c1-2-3-12-22-14-15-23(29-22)17-27-28(32-19-20-9-5-4-6-10-20)18-26(31-27)25-16-21-11-7-8-13-24(21)30-25/h4-11,13-18,30-31H,2-3,12,19H2,1H3/b23-17+. The normalized spacial score (nSPS) is 14.4. The summed E-state index contributed by atoms with van der Waals surface area (Å²) in [7, 11) is 0. The van der Waals surface area contributed by atoms with Crippen LogP contribution in [-0.2, 0) is 6.61 Å². The smallest absolute Gasteiger partial charge is 0.145 e. The van der Waals surface area contributed by atoms with Crippen LogP contribution >= 0.6 is 0 Å². The second kappa shape index (κ2) is 9.15. The molecular weight excluding hydrogens is 394 g/mol. The zero-order valence-corrected chi connectivity index (χ0v) is 18.3. The summed E-state index contributed by atoms with van der Waals surface area (Å²) in [5.74, 6) is 0.820. The van der Waals surface area contributed by atoms with E-state index in [0.717, 1.165) is 58.2 Å². The van der Waals surface area contributed by atoms with Gasteiger partial charge in [0.15, 0.2) is 0 Å². The Kier molecular flexibility index (Phi) is 5.75. The minimum Gasteiger partial charge on any atom is -0.487 e. The van der Waals surface area contributed by atoms with Crippen LogP contribution in [0.5, 0.6) is 5.75 Å². The van der Waals surface area contributed by atoms with Crippen molar-refractivity contribution in [1.29, 1.82) is 0 Å². The fraction of sp³-hybridized carbons (Fsp3) is 0.179. The molecule has 0 saturated heterocycles. The monoisotopic (exact) mass is 421 g/mol. The number of aliphatic imine (C=N–C) groups is 1. The first-order valence-electron chi connectivity index (χ1n) is 11.2. The van der Waals surface area contributed by atoms with Gasteiger partial charge in [-0.2, -0.15) is 0 Å². The Hall–Kier alpha value is -3.79. The van der Waals surface area contributed by atoms with E-state index >= 15 is 0 Å². The topological polar surface area (TPSA) is 53.2 Å². The van der Waals surface area contributed by atoms with Gasteiger partial charge in [0.1, 0.15) is 12.4 Å². The fourth-order valence-electron chi connectivity index (χ4n) is 3.92. The van der Waals surface area contributed by atoms with Gasteiger partial charge in [-0.3, -0.25) is 4.99 Å². The molecule has 160 valence electrons. The molecule has 2 aromatic heterocycles. The van der Waals surface area contributed by atoms with Crippen LogP contribution in [0.2, 0.25) is 0 Å². The predicted molar refractivity (Wildman–Crippen MR) is 133 cm³/mol. The lowest BCUT2D eigenvalue weighted by molar-refractivity contribution is 0.306. The highest BCUT2D eigenvalue weighted by atomic mass is 16.5. The number of allylic oxidation sites excluding steroid dienone is 2. The summed E-state index contributed by atoms with van der Waals surface area (Å²) in [5.41, 5.74) is 7.31. The molecule has 0 aliphatic carbocycles. The Labute approximate surface area is 188 Å². The molecule has 2 aromatic carbocycles. The van der Waals surface area contributed by atoms with Crippen LogP contribution in [0.15, 0.2) is 89.6 Å². The van der Waals surface area contributed by atoms with Crippen molar-refractivity contribution in [2.24, 2.45) is 4.99 Å². The molecule has 0 atom stereocenters. The molecule has 0 unspecified atom stereocenters. The molecule has 3 heterocycles. The first-order valence-corrected chi connectivity index (χ1v) is 11.2. The van der Waals surface area contributed by atoms with Crippen LogP contribution in [0.1, 0.15) is 37.4 Å². The number of hydrogen-bond acceptors (Lipinski definition) is 2. The van der Waals surface area contributed by atoms with Gasteiger partial charge in [0.25, 0.3) is 0 Å². The summed E-state index contributed by atoms with van der Waals surface area (Å²) >= 11 is 0. The second-order valence-corrected chi connectivity index (χ2v) is 8.11. The van der Waals surface area contributed by atoms with Crippen molar-refractivity contribution in [3.8, 4) is 17.1 Å². The lowest BCUT2D eigenvalue weighted by atomic mass is 10.2. The Morgan fingerprint density at radius 1 is 0.906 bits per heavy atom. The van der Waals surface area contributed by atoms with E-state index in [1.165, 1.54) is 11.8 Å². The quantitative estimate of drug-likeness (QED) is 0.308. The van der Waals surface area contributed by atoms with Gasteiger partial charge in [0, 0.05) is 22.7 Å². The average molecular weight is 422 g/mol. The molecule has 0 saturated carbocycles. The predicted octanol–water partition coefficient (Wildman–Crippen LogP) is 7.28. The highest BCUT2D eigenvalue weighted by molar-refractivity contribution is 5.99. The minimum absolute atomic E-state index is 0.516. The molecule has 0 amide bonds. The Morgan fingerprint density at radius 2 is 1.72 bits per heavy atom. The van der Waals surface area contributed by atoms with Crippen molar-refractivity contribution in [2.75, 3.05) is 0 Å².